The second kappa shape index (κ2) is 8.71. The second-order valence-corrected chi connectivity index (χ2v) is 7.14. The third-order valence-corrected chi connectivity index (χ3v) is 4.60. The quantitative estimate of drug-likeness (QED) is 0.723. The normalized spacial score (nSPS) is 11.0. The van der Waals surface area contributed by atoms with Crippen LogP contribution in [0.4, 0.5) is 16.3 Å². The van der Waals surface area contributed by atoms with Gasteiger partial charge in [0.25, 0.3) is 0 Å². The molecule has 144 valence electrons. The molecule has 0 radical (unpaired) electrons. The number of urea groups is 1. The van der Waals surface area contributed by atoms with Gasteiger partial charge in [-0.05, 0) is 63.9 Å². The summed E-state index contributed by atoms with van der Waals surface area (Å²) in [6.07, 6.45) is 1.68. The summed E-state index contributed by atoms with van der Waals surface area (Å²) in [7, 11) is 0. The second-order valence-electron chi connectivity index (χ2n) is 7.14. The molecule has 0 atom stereocenters. The molecule has 0 fully saturated rings. The van der Waals surface area contributed by atoms with E-state index in [9.17, 15) is 4.79 Å². The van der Waals surface area contributed by atoms with Gasteiger partial charge >= 0.3 is 6.03 Å². The van der Waals surface area contributed by atoms with Crippen LogP contribution in [0.25, 0.3) is 5.57 Å². The minimum Gasteiger partial charge on any atom is -0.357 e. The Balaban J connectivity index is 2.06. The smallest absolute Gasteiger partial charge is 0.319 e. The Morgan fingerprint density at radius 1 is 1.19 bits per heavy atom. The summed E-state index contributed by atoms with van der Waals surface area (Å²) in [6.45, 7) is 15.9. The summed E-state index contributed by atoms with van der Waals surface area (Å²) >= 11 is 0. The summed E-state index contributed by atoms with van der Waals surface area (Å²) < 4.78 is 0. The van der Waals surface area contributed by atoms with Crippen molar-refractivity contribution in [2.24, 2.45) is 0 Å². The molecule has 0 aliphatic rings. The summed E-state index contributed by atoms with van der Waals surface area (Å²) in [5.74, 6) is 0.905. The number of carbonyl (C=O) groups excluding carboxylic acids is 1. The van der Waals surface area contributed by atoms with Crippen LogP contribution in [0.5, 0.6) is 0 Å². The first kappa shape index (κ1) is 20.5. The molecule has 0 aliphatic heterocycles. The maximum atomic E-state index is 12.5. The first-order chi connectivity index (χ1) is 12.8. The maximum absolute atomic E-state index is 12.5. The summed E-state index contributed by atoms with van der Waals surface area (Å²) in [4.78, 5) is 19.1. The van der Waals surface area contributed by atoms with E-state index in [4.69, 9.17) is 0 Å². The van der Waals surface area contributed by atoms with Crippen molar-refractivity contribution in [1.29, 1.82) is 0 Å². The Morgan fingerprint density at radius 3 is 2.44 bits per heavy atom. The van der Waals surface area contributed by atoms with Gasteiger partial charge in [0.05, 0.1) is 17.4 Å². The third-order valence-electron chi connectivity index (χ3n) is 4.60. The van der Waals surface area contributed by atoms with E-state index in [1.807, 2.05) is 51.1 Å². The lowest BCUT2D eigenvalue weighted by molar-refractivity contribution is 0.242. The standard InChI is InChI=1S/C22H30N4O/c1-7-26(8-2)20-13-12-19(15-23-20)24-21(27)25-22(5,6)18-11-9-10-17(14-18)16(3)4/h9-15H,3,7-8H2,1-2,4-6H3,(H2,24,25,27). The number of carbonyl (C=O) groups is 1. The average molecular weight is 367 g/mol. The van der Waals surface area contributed by atoms with Crippen LogP contribution in [0.1, 0.15) is 45.7 Å². The van der Waals surface area contributed by atoms with Crippen LogP contribution < -0.4 is 15.5 Å². The van der Waals surface area contributed by atoms with E-state index in [-0.39, 0.29) is 6.03 Å². The molecule has 0 aliphatic carbocycles. The van der Waals surface area contributed by atoms with Gasteiger partial charge in [-0.3, -0.25) is 0 Å². The number of nitrogens with zero attached hydrogens (tertiary/aromatic N) is 2. The Kier molecular flexibility index (Phi) is 6.61. The highest BCUT2D eigenvalue weighted by Crippen LogP contribution is 2.24. The van der Waals surface area contributed by atoms with Crippen molar-refractivity contribution in [3.63, 3.8) is 0 Å². The molecule has 2 amide bonds. The van der Waals surface area contributed by atoms with Gasteiger partial charge in [0, 0.05) is 13.1 Å². The molecule has 0 saturated carbocycles. The number of pyridine rings is 1. The number of hydrogen-bond donors (Lipinski definition) is 2. The van der Waals surface area contributed by atoms with Gasteiger partial charge in [-0.1, -0.05) is 30.4 Å². The number of rotatable bonds is 7. The van der Waals surface area contributed by atoms with Gasteiger partial charge < -0.3 is 15.5 Å². The molecule has 1 aromatic heterocycles. The van der Waals surface area contributed by atoms with Gasteiger partial charge in [-0.15, -0.1) is 0 Å². The zero-order valence-electron chi connectivity index (χ0n) is 17.0. The monoisotopic (exact) mass is 366 g/mol. The number of hydrogen-bond acceptors (Lipinski definition) is 3. The first-order valence-electron chi connectivity index (χ1n) is 9.33. The lowest BCUT2D eigenvalue weighted by Crippen LogP contribution is -2.43. The van der Waals surface area contributed by atoms with E-state index in [1.54, 1.807) is 6.20 Å². The molecule has 5 heteroatoms. The van der Waals surface area contributed by atoms with E-state index < -0.39 is 5.54 Å². The Hall–Kier alpha value is -2.82. The molecular formula is C22H30N4O. The van der Waals surface area contributed by atoms with E-state index in [1.165, 1.54) is 0 Å². The summed E-state index contributed by atoms with van der Waals surface area (Å²) in [5, 5.41) is 5.89. The SMILES string of the molecule is C=C(C)c1cccc(C(C)(C)NC(=O)Nc2ccc(N(CC)CC)nc2)c1. The van der Waals surface area contributed by atoms with Gasteiger partial charge in [0.15, 0.2) is 0 Å². The zero-order chi connectivity index (χ0) is 20.0. The van der Waals surface area contributed by atoms with Crippen molar-refractivity contribution in [1.82, 2.24) is 10.3 Å². The van der Waals surface area contributed by atoms with E-state index in [0.29, 0.717) is 5.69 Å². The van der Waals surface area contributed by atoms with Crippen molar-refractivity contribution in [3.05, 3.63) is 60.3 Å². The number of allylic oxidation sites excluding steroid dienone is 1. The van der Waals surface area contributed by atoms with Gasteiger partial charge in [0.1, 0.15) is 5.82 Å². The summed E-state index contributed by atoms with van der Waals surface area (Å²) in [6, 6.07) is 11.6. The fraction of sp³-hybridized carbons (Fsp3) is 0.364. The van der Waals surface area contributed by atoms with Crippen molar-refractivity contribution >= 4 is 23.1 Å². The minimum absolute atomic E-state index is 0.266. The molecule has 1 aromatic carbocycles. The largest absolute Gasteiger partial charge is 0.357 e. The molecule has 0 spiro atoms. The van der Waals surface area contributed by atoms with Crippen LogP contribution >= 0.6 is 0 Å². The van der Waals surface area contributed by atoms with Crippen molar-refractivity contribution < 1.29 is 4.79 Å². The van der Waals surface area contributed by atoms with Crippen molar-refractivity contribution in [2.45, 2.75) is 40.2 Å². The number of aromatic nitrogens is 1. The van der Waals surface area contributed by atoms with Gasteiger partial charge in [-0.2, -0.15) is 0 Å². The average Bonchev–Trinajstić information content (AvgIpc) is 2.63. The lowest BCUT2D eigenvalue weighted by Gasteiger charge is -2.27. The molecule has 2 rings (SSSR count). The Labute approximate surface area is 162 Å². The molecule has 0 saturated heterocycles. The van der Waals surface area contributed by atoms with Crippen LogP contribution in [-0.2, 0) is 5.54 Å². The van der Waals surface area contributed by atoms with E-state index in [0.717, 1.165) is 35.6 Å². The topological polar surface area (TPSA) is 57.3 Å². The summed E-state index contributed by atoms with van der Waals surface area (Å²) in [5.41, 5.74) is 3.22. The van der Waals surface area contributed by atoms with Crippen LogP contribution in [0, 0.1) is 0 Å². The number of anilines is 2. The van der Waals surface area contributed by atoms with Gasteiger partial charge in [0.2, 0.25) is 0 Å². The van der Waals surface area contributed by atoms with E-state index >= 15 is 0 Å². The fourth-order valence-electron chi connectivity index (χ4n) is 2.89. The molecule has 2 aromatic rings. The fourth-order valence-corrected chi connectivity index (χ4v) is 2.89. The van der Waals surface area contributed by atoms with Crippen molar-refractivity contribution in [2.75, 3.05) is 23.3 Å². The van der Waals surface area contributed by atoms with Crippen LogP contribution in [0.2, 0.25) is 0 Å². The minimum atomic E-state index is -0.524. The molecule has 0 bridgehead atoms. The van der Waals surface area contributed by atoms with Crippen molar-refractivity contribution in [3.8, 4) is 0 Å². The third kappa shape index (κ3) is 5.33. The predicted octanol–water partition coefficient (Wildman–Crippen LogP) is 5.02. The highest BCUT2D eigenvalue weighted by molar-refractivity contribution is 5.89. The molecule has 27 heavy (non-hydrogen) atoms. The molecule has 0 unspecified atom stereocenters. The van der Waals surface area contributed by atoms with E-state index in [2.05, 4.69) is 47.0 Å². The maximum Gasteiger partial charge on any atom is 0.319 e. The Bertz CT molecular complexity index is 792. The molecular weight excluding hydrogens is 336 g/mol. The van der Waals surface area contributed by atoms with Gasteiger partial charge in [-0.25, -0.2) is 9.78 Å². The molecule has 5 nitrogen and oxygen atoms in total. The highest BCUT2D eigenvalue weighted by Gasteiger charge is 2.23. The van der Waals surface area contributed by atoms with Crippen LogP contribution in [0.15, 0.2) is 49.2 Å². The zero-order valence-corrected chi connectivity index (χ0v) is 17.0. The highest BCUT2D eigenvalue weighted by atomic mass is 16.2. The number of nitrogens with one attached hydrogen (secondary N) is 2. The molecule has 2 N–H and O–H groups in total. The van der Waals surface area contributed by atoms with Crippen LogP contribution in [-0.4, -0.2) is 24.1 Å². The Morgan fingerprint density at radius 2 is 1.89 bits per heavy atom. The predicted molar refractivity (Wildman–Crippen MR) is 114 cm³/mol. The lowest BCUT2D eigenvalue weighted by atomic mass is 9.92. The van der Waals surface area contributed by atoms with Crippen LogP contribution in [0.3, 0.4) is 0 Å². The first-order valence-corrected chi connectivity index (χ1v) is 9.33. The molecule has 1 heterocycles. The number of amides is 2. The number of benzene rings is 1.